The fourth-order valence-electron chi connectivity index (χ4n) is 3.69. The molecule has 0 saturated carbocycles. The molecule has 1 aromatic heterocycles. The van der Waals surface area contributed by atoms with Gasteiger partial charge in [-0.3, -0.25) is 9.48 Å². The number of aromatic nitrogens is 2. The standard InChI is InChI=1S/C23H25ClN4O2/c1-28-21(10-13-26-28)20-15-19(27-23(29)16-4-6-17(24)7-5-16)8-9-22(20)30-14-11-18-3-2-12-25-18/h4-10,13,15,18,25H,2-3,11-12,14H2,1H3,(H,27,29). The molecule has 7 heteroatoms. The van der Waals surface area contributed by atoms with E-state index in [9.17, 15) is 4.79 Å². The van der Waals surface area contributed by atoms with E-state index in [-0.39, 0.29) is 5.91 Å². The summed E-state index contributed by atoms with van der Waals surface area (Å²) >= 11 is 5.91. The first-order chi connectivity index (χ1) is 14.6. The van der Waals surface area contributed by atoms with E-state index in [0.717, 1.165) is 30.0 Å². The molecule has 1 fully saturated rings. The zero-order valence-corrected chi connectivity index (χ0v) is 17.7. The van der Waals surface area contributed by atoms with Gasteiger partial charge in [-0.2, -0.15) is 5.10 Å². The Balaban J connectivity index is 1.53. The van der Waals surface area contributed by atoms with Crippen molar-refractivity contribution < 1.29 is 9.53 Å². The number of hydrogen-bond acceptors (Lipinski definition) is 4. The van der Waals surface area contributed by atoms with E-state index in [1.54, 1.807) is 35.1 Å². The van der Waals surface area contributed by atoms with Crippen LogP contribution in [0.5, 0.6) is 5.75 Å². The van der Waals surface area contributed by atoms with Crippen molar-refractivity contribution in [1.29, 1.82) is 0 Å². The first kappa shape index (κ1) is 20.4. The second kappa shape index (κ2) is 9.32. The minimum atomic E-state index is -0.191. The molecular weight excluding hydrogens is 400 g/mol. The summed E-state index contributed by atoms with van der Waals surface area (Å²) in [6, 6.07) is 15.0. The Kier molecular flexibility index (Phi) is 6.35. The van der Waals surface area contributed by atoms with Crippen molar-refractivity contribution in [3.63, 3.8) is 0 Å². The quantitative estimate of drug-likeness (QED) is 0.585. The SMILES string of the molecule is Cn1nccc1-c1cc(NC(=O)c2ccc(Cl)cc2)ccc1OCCC1CCCN1. The summed E-state index contributed by atoms with van der Waals surface area (Å²) < 4.78 is 7.92. The number of carbonyl (C=O) groups is 1. The molecule has 3 aromatic rings. The minimum Gasteiger partial charge on any atom is -0.493 e. The lowest BCUT2D eigenvalue weighted by molar-refractivity contribution is 0.102. The molecule has 0 aliphatic carbocycles. The largest absolute Gasteiger partial charge is 0.493 e. The highest BCUT2D eigenvalue weighted by Crippen LogP contribution is 2.33. The number of carbonyl (C=O) groups excluding carboxylic acids is 1. The van der Waals surface area contributed by atoms with Crippen LogP contribution in [0.1, 0.15) is 29.6 Å². The van der Waals surface area contributed by atoms with Gasteiger partial charge in [-0.15, -0.1) is 0 Å². The summed E-state index contributed by atoms with van der Waals surface area (Å²) in [5.41, 5.74) is 3.05. The molecule has 2 heterocycles. The molecule has 1 aliphatic rings. The van der Waals surface area contributed by atoms with Crippen molar-refractivity contribution in [3.8, 4) is 17.0 Å². The molecule has 0 radical (unpaired) electrons. The van der Waals surface area contributed by atoms with Gasteiger partial charge in [0.25, 0.3) is 5.91 Å². The Morgan fingerprint density at radius 1 is 1.27 bits per heavy atom. The van der Waals surface area contributed by atoms with E-state index in [1.165, 1.54) is 12.8 Å². The summed E-state index contributed by atoms with van der Waals surface area (Å²) in [6.45, 7) is 1.73. The molecule has 4 rings (SSSR count). The van der Waals surface area contributed by atoms with Crippen LogP contribution in [-0.4, -0.2) is 34.9 Å². The fraction of sp³-hybridized carbons (Fsp3) is 0.304. The number of nitrogens with zero attached hydrogens (tertiary/aromatic N) is 2. The number of nitrogens with one attached hydrogen (secondary N) is 2. The topological polar surface area (TPSA) is 68.2 Å². The summed E-state index contributed by atoms with van der Waals surface area (Å²) in [5, 5.41) is 11.3. The lowest BCUT2D eigenvalue weighted by Crippen LogP contribution is -2.23. The maximum Gasteiger partial charge on any atom is 0.255 e. The first-order valence-corrected chi connectivity index (χ1v) is 10.5. The van der Waals surface area contributed by atoms with Gasteiger partial charge >= 0.3 is 0 Å². The molecule has 2 aromatic carbocycles. The molecule has 1 saturated heterocycles. The predicted octanol–water partition coefficient (Wildman–Crippen LogP) is 4.51. The van der Waals surface area contributed by atoms with E-state index < -0.39 is 0 Å². The summed E-state index contributed by atoms with van der Waals surface area (Å²) in [6.07, 6.45) is 5.15. The third-order valence-corrected chi connectivity index (χ3v) is 5.58. The lowest BCUT2D eigenvalue weighted by Gasteiger charge is -2.16. The second-order valence-electron chi connectivity index (χ2n) is 7.44. The highest BCUT2D eigenvalue weighted by atomic mass is 35.5. The Morgan fingerprint density at radius 3 is 2.80 bits per heavy atom. The van der Waals surface area contributed by atoms with Gasteiger partial charge in [-0.05, 0) is 74.3 Å². The van der Waals surface area contributed by atoms with Gasteiger partial charge in [0.05, 0.1) is 12.3 Å². The fourth-order valence-corrected chi connectivity index (χ4v) is 3.82. The maximum absolute atomic E-state index is 12.6. The molecule has 2 N–H and O–H groups in total. The molecule has 6 nitrogen and oxygen atoms in total. The van der Waals surface area contributed by atoms with Crippen molar-refractivity contribution >= 4 is 23.2 Å². The molecule has 30 heavy (non-hydrogen) atoms. The van der Waals surface area contributed by atoms with Crippen LogP contribution in [0.3, 0.4) is 0 Å². The minimum absolute atomic E-state index is 0.191. The van der Waals surface area contributed by atoms with Crippen LogP contribution in [0.4, 0.5) is 5.69 Å². The van der Waals surface area contributed by atoms with Crippen LogP contribution in [0.15, 0.2) is 54.7 Å². The van der Waals surface area contributed by atoms with Crippen LogP contribution >= 0.6 is 11.6 Å². The number of hydrogen-bond donors (Lipinski definition) is 2. The lowest BCUT2D eigenvalue weighted by atomic mass is 10.1. The van der Waals surface area contributed by atoms with Crippen molar-refractivity contribution in [2.24, 2.45) is 7.05 Å². The number of aryl methyl sites for hydroxylation is 1. The molecule has 1 atom stereocenters. The van der Waals surface area contributed by atoms with Gasteiger partial charge in [-0.25, -0.2) is 0 Å². The van der Waals surface area contributed by atoms with Gasteiger partial charge in [0.1, 0.15) is 5.75 Å². The Morgan fingerprint density at radius 2 is 2.10 bits per heavy atom. The average Bonchev–Trinajstić information content (AvgIpc) is 3.41. The molecule has 1 unspecified atom stereocenters. The molecule has 1 aliphatic heterocycles. The smallest absolute Gasteiger partial charge is 0.255 e. The van der Waals surface area contributed by atoms with Crippen LogP contribution < -0.4 is 15.4 Å². The average molecular weight is 425 g/mol. The maximum atomic E-state index is 12.6. The van der Waals surface area contributed by atoms with E-state index in [0.29, 0.717) is 28.9 Å². The van der Waals surface area contributed by atoms with E-state index in [4.69, 9.17) is 16.3 Å². The number of anilines is 1. The Hall–Kier alpha value is -2.83. The van der Waals surface area contributed by atoms with E-state index in [1.807, 2.05) is 31.3 Å². The molecular formula is C23H25ClN4O2. The zero-order valence-electron chi connectivity index (χ0n) is 16.9. The Bertz CT molecular complexity index is 1010. The highest BCUT2D eigenvalue weighted by Gasteiger charge is 2.16. The van der Waals surface area contributed by atoms with Crippen LogP contribution in [0.25, 0.3) is 11.3 Å². The highest BCUT2D eigenvalue weighted by molar-refractivity contribution is 6.30. The van der Waals surface area contributed by atoms with Gasteiger partial charge in [-0.1, -0.05) is 11.6 Å². The molecule has 0 bridgehead atoms. The first-order valence-electron chi connectivity index (χ1n) is 10.2. The number of rotatable bonds is 7. The van der Waals surface area contributed by atoms with Crippen LogP contribution in [0, 0.1) is 0 Å². The monoisotopic (exact) mass is 424 g/mol. The van der Waals surface area contributed by atoms with Crippen molar-refractivity contribution in [3.05, 3.63) is 65.3 Å². The van der Waals surface area contributed by atoms with Crippen LogP contribution in [0.2, 0.25) is 5.02 Å². The van der Waals surface area contributed by atoms with E-state index in [2.05, 4.69) is 15.7 Å². The van der Waals surface area contributed by atoms with Crippen LogP contribution in [-0.2, 0) is 7.05 Å². The van der Waals surface area contributed by atoms with Crippen molar-refractivity contribution in [2.45, 2.75) is 25.3 Å². The predicted molar refractivity (Wildman–Crippen MR) is 119 cm³/mol. The number of ether oxygens (including phenoxy) is 1. The summed E-state index contributed by atoms with van der Waals surface area (Å²) in [7, 11) is 1.89. The van der Waals surface area contributed by atoms with Crippen molar-refractivity contribution in [2.75, 3.05) is 18.5 Å². The number of benzene rings is 2. The van der Waals surface area contributed by atoms with E-state index >= 15 is 0 Å². The third-order valence-electron chi connectivity index (χ3n) is 5.33. The van der Waals surface area contributed by atoms with Gasteiger partial charge < -0.3 is 15.4 Å². The Labute approximate surface area is 181 Å². The number of amides is 1. The second-order valence-corrected chi connectivity index (χ2v) is 7.88. The normalized spacial score (nSPS) is 15.9. The summed E-state index contributed by atoms with van der Waals surface area (Å²) in [5.74, 6) is 0.588. The van der Waals surface area contributed by atoms with Gasteiger partial charge in [0.2, 0.25) is 0 Å². The van der Waals surface area contributed by atoms with Gasteiger partial charge in [0.15, 0.2) is 0 Å². The molecule has 0 spiro atoms. The number of halogens is 1. The van der Waals surface area contributed by atoms with Gasteiger partial charge in [0, 0.05) is 41.1 Å². The molecule has 1 amide bonds. The zero-order chi connectivity index (χ0) is 20.9. The molecule has 156 valence electrons. The third kappa shape index (κ3) is 4.83. The van der Waals surface area contributed by atoms with Crippen molar-refractivity contribution in [1.82, 2.24) is 15.1 Å². The summed E-state index contributed by atoms with van der Waals surface area (Å²) in [4.78, 5) is 12.6.